The fraction of sp³-hybridized carbons (Fsp3) is 0.0435. The van der Waals surface area contributed by atoms with Crippen LogP contribution in [-0.4, -0.2) is 19.5 Å². The Morgan fingerprint density at radius 1 is 0.833 bits per heavy atom. The van der Waals surface area contributed by atoms with Crippen molar-refractivity contribution in [2.75, 3.05) is 0 Å². The fourth-order valence-corrected chi connectivity index (χ4v) is 4.20. The molecule has 7 heteroatoms. The van der Waals surface area contributed by atoms with Crippen molar-refractivity contribution >= 4 is 15.7 Å². The Morgan fingerprint density at radius 2 is 1.43 bits per heavy atom. The van der Waals surface area contributed by atoms with E-state index in [9.17, 15) is 13.2 Å². The third kappa shape index (κ3) is 4.16. The summed E-state index contributed by atoms with van der Waals surface area (Å²) < 4.78 is 30.4. The lowest BCUT2D eigenvalue weighted by Gasteiger charge is -2.07. The maximum absolute atomic E-state index is 12.6. The number of amides is 1. The summed E-state index contributed by atoms with van der Waals surface area (Å²) in [6.07, 6.45) is 0. The lowest BCUT2D eigenvalue weighted by molar-refractivity contribution is 0.0914. The normalized spacial score (nSPS) is 11.2. The molecule has 0 spiro atoms. The van der Waals surface area contributed by atoms with E-state index in [1.54, 1.807) is 48.5 Å². The number of carbonyl (C=O) groups is 1. The summed E-state index contributed by atoms with van der Waals surface area (Å²) in [4.78, 5) is 12.8. The molecule has 0 saturated heterocycles. The van der Waals surface area contributed by atoms with Crippen molar-refractivity contribution in [3.8, 4) is 11.3 Å². The van der Waals surface area contributed by atoms with Crippen LogP contribution in [0.2, 0.25) is 0 Å². The smallest absolute Gasteiger partial charge is 0.290 e. The van der Waals surface area contributed by atoms with Gasteiger partial charge in [0.25, 0.3) is 5.91 Å². The third-order valence-corrected chi connectivity index (χ3v) is 6.33. The largest absolute Gasteiger partial charge is 0.350 e. The van der Waals surface area contributed by atoms with Crippen molar-refractivity contribution in [3.63, 3.8) is 0 Å². The van der Waals surface area contributed by atoms with Gasteiger partial charge in [-0.1, -0.05) is 65.8 Å². The first-order chi connectivity index (χ1) is 14.5. The van der Waals surface area contributed by atoms with Crippen LogP contribution in [0.25, 0.3) is 11.3 Å². The van der Waals surface area contributed by atoms with Crippen LogP contribution in [0.5, 0.6) is 0 Å². The second-order valence-corrected chi connectivity index (χ2v) is 8.54. The number of sulfone groups is 1. The van der Waals surface area contributed by atoms with Crippen LogP contribution < -0.4 is 5.32 Å². The van der Waals surface area contributed by atoms with Crippen LogP contribution in [0.1, 0.15) is 16.1 Å². The fourth-order valence-electron chi connectivity index (χ4n) is 2.92. The molecule has 3 aromatic carbocycles. The Balaban J connectivity index is 1.41. The Morgan fingerprint density at radius 3 is 2.10 bits per heavy atom. The molecule has 4 rings (SSSR count). The number of hydrogen-bond donors (Lipinski definition) is 1. The Bertz CT molecular complexity index is 1250. The van der Waals surface area contributed by atoms with E-state index in [4.69, 9.17) is 4.52 Å². The zero-order chi connectivity index (χ0) is 21.0. The Labute approximate surface area is 174 Å². The zero-order valence-electron chi connectivity index (χ0n) is 15.9. The minimum Gasteiger partial charge on any atom is -0.350 e. The van der Waals surface area contributed by atoms with Crippen molar-refractivity contribution < 1.29 is 17.7 Å². The molecule has 6 nitrogen and oxygen atoms in total. The highest BCUT2D eigenvalue weighted by Gasteiger charge is 2.17. The van der Waals surface area contributed by atoms with Crippen molar-refractivity contribution in [2.24, 2.45) is 0 Å². The molecule has 0 aliphatic carbocycles. The molecule has 1 amide bonds. The van der Waals surface area contributed by atoms with Crippen molar-refractivity contribution in [1.29, 1.82) is 0 Å². The third-order valence-electron chi connectivity index (χ3n) is 4.54. The summed E-state index contributed by atoms with van der Waals surface area (Å²) in [5.74, 6) is -0.289. The van der Waals surface area contributed by atoms with Gasteiger partial charge in [-0.2, -0.15) is 0 Å². The van der Waals surface area contributed by atoms with Crippen LogP contribution in [0, 0.1) is 0 Å². The molecule has 0 aliphatic rings. The van der Waals surface area contributed by atoms with E-state index in [-0.39, 0.29) is 22.1 Å². The van der Waals surface area contributed by atoms with Crippen LogP contribution in [0.3, 0.4) is 0 Å². The summed E-state index contributed by atoms with van der Waals surface area (Å²) in [7, 11) is -3.56. The summed E-state index contributed by atoms with van der Waals surface area (Å²) >= 11 is 0. The minimum atomic E-state index is -3.56. The summed E-state index contributed by atoms with van der Waals surface area (Å²) in [5.41, 5.74) is 2.20. The molecule has 0 atom stereocenters. The Kier molecular flexibility index (Phi) is 5.45. The van der Waals surface area contributed by atoms with Gasteiger partial charge in [-0.15, -0.1) is 0 Å². The first kappa shape index (κ1) is 19.6. The van der Waals surface area contributed by atoms with E-state index >= 15 is 0 Å². The number of aromatic nitrogens is 1. The molecule has 1 N–H and O–H groups in total. The highest BCUT2D eigenvalue weighted by Crippen LogP contribution is 2.21. The summed E-state index contributed by atoms with van der Waals surface area (Å²) in [6.45, 7) is 0.228. The van der Waals surface area contributed by atoms with Gasteiger partial charge in [0.2, 0.25) is 15.6 Å². The van der Waals surface area contributed by atoms with Gasteiger partial charge in [0, 0.05) is 18.2 Å². The van der Waals surface area contributed by atoms with Crippen molar-refractivity contribution in [3.05, 3.63) is 102 Å². The molecule has 0 bridgehead atoms. The van der Waals surface area contributed by atoms with Crippen LogP contribution >= 0.6 is 0 Å². The van der Waals surface area contributed by atoms with Crippen LogP contribution in [-0.2, 0) is 16.4 Å². The van der Waals surface area contributed by atoms with Gasteiger partial charge in [0.15, 0.2) is 0 Å². The molecule has 1 aromatic heterocycles. The number of rotatable bonds is 6. The summed E-state index contributed by atoms with van der Waals surface area (Å²) in [6, 6.07) is 25.7. The molecule has 30 heavy (non-hydrogen) atoms. The lowest BCUT2D eigenvalue weighted by atomic mass is 10.1. The first-order valence-corrected chi connectivity index (χ1v) is 10.7. The topological polar surface area (TPSA) is 89.3 Å². The second kappa shape index (κ2) is 8.34. The van der Waals surface area contributed by atoms with E-state index < -0.39 is 15.7 Å². The lowest BCUT2D eigenvalue weighted by Crippen LogP contribution is -2.22. The average molecular weight is 418 g/mol. The number of nitrogens with zero attached hydrogens (tertiary/aromatic N) is 1. The van der Waals surface area contributed by atoms with E-state index in [0.29, 0.717) is 5.69 Å². The maximum Gasteiger partial charge on any atom is 0.290 e. The number of nitrogens with one attached hydrogen (secondary N) is 1. The van der Waals surface area contributed by atoms with Crippen LogP contribution in [0.15, 0.2) is 105 Å². The molecule has 0 unspecified atom stereocenters. The molecule has 150 valence electrons. The van der Waals surface area contributed by atoms with Gasteiger partial charge in [-0.3, -0.25) is 4.79 Å². The predicted molar refractivity (Wildman–Crippen MR) is 111 cm³/mol. The molecule has 0 radical (unpaired) electrons. The monoisotopic (exact) mass is 418 g/mol. The van der Waals surface area contributed by atoms with Gasteiger partial charge in [0.05, 0.1) is 9.79 Å². The molecule has 4 aromatic rings. The average Bonchev–Trinajstić information content (AvgIpc) is 3.29. The number of carbonyl (C=O) groups excluding carboxylic acids is 1. The highest BCUT2D eigenvalue weighted by molar-refractivity contribution is 7.91. The van der Waals surface area contributed by atoms with Gasteiger partial charge >= 0.3 is 0 Å². The Hall–Kier alpha value is -3.71. The van der Waals surface area contributed by atoms with E-state index in [1.807, 2.05) is 30.3 Å². The van der Waals surface area contributed by atoms with Gasteiger partial charge in [0.1, 0.15) is 5.69 Å². The van der Waals surface area contributed by atoms with Crippen molar-refractivity contribution in [1.82, 2.24) is 10.5 Å². The standard InChI is InChI=1S/C23H18N2O4S/c26-23(22-15-21(25-29-22)18-7-3-1-4-8-18)24-16-17-11-13-20(14-12-17)30(27,28)19-9-5-2-6-10-19/h1-15H,16H2,(H,24,26). The second-order valence-electron chi connectivity index (χ2n) is 6.59. The van der Waals surface area contributed by atoms with Crippen molar-refractivity contribution in [2.45, 2.75) is 16.3 Å². The molecule has 0 saturated carbocycles. The van der Waals surface area contributed by atoms with E-state index in [2.05, 4.69) is 10.5 Å². The molecular weight excluding hydrogens is 400 g/mol. The minimum absolute atomic E-state index is 0.108. The van der Waals surface area contributed by atoms with Gasteiger partial charge in [-0.25, -0.2) is 8.42 Å². The molecular formula is C23H18N2O4S. The van der Waals surface area contributed by atoms with E-state index in [0.717, 1.165) is 11.1 Å². The quantitative estimate of drug-likeness (QED) is 0.509. The summed E-state index contributed by atoms with van der Waals surface area (Å²) in [5, 5.41) is 6.68. The van der Waals surface area contributed by atoms with Gasteiger partial charge in [-0.05, 0) is 29.8 Å². The number of benzene rings is 3. The van der Waals surface area contributed by atoms with Gasteiger partial charge < -0.3 is 9.84 Å². The highest BCUT2D eigenvalue weighted by atomic mass is 32.2. The predicted octanol–water partition coefficient (Wildman–Crippen LogP) is 4.10. The molecule has 1 heterocycles. The zero-order valence-corrected chi connectivity index (χ0v) is 16.7. The van der Waals surface area contributed by atoms with E-state index in [1.165, 1.54) is 12.1 Å². The number of hydrogen-bond acceptors (Lipinski definition) is 5. The first-order valence-electron chi connectivity index (χ1n) is 9.23. The maximum atomic E-state index is 12.6. The SMILES string of the molecule is O=C(NCc1ccc(S(=O)(=O)c2ccccc2)cc1)c1cc(-c2ccccc2)no1. The molecule has 0 fully saturated rings. The molecule has 0 aliphatic heterocycles. The van der Waals surface area contributed by atoms with Crippen LogP contribution in [0.4, 0.5) is 0 Å².